The topological polar surface area (TPSA) is 110 Å². The Morgan fingerprint density at radius 2 is 1.80 bits per heavy atom. The molecular formula is C23H24N4O3. The Labute approximate surface area is 174 Å². The fraction of sp³-hybridized carbons (Fsp3) is 0.261. The van der Waals surface area contributed by atoms with Crippen LogP contribution in [-0.4, -0.2) is 33.1 Å². The second-order valence-electron chi connectivity index (χ2n) is 7.51. The fourth-order valence-electron chi connectivity index (χ4n) is 3.80. The maximum absolute atomic E-state index is 12.5. The van der Waals surface area contributed by atoms with Gasteiger partial charge in [-0.3, -0.25) is 4.79 Å². The number of nitrogens with two attached hydrogens (primary N) is 1. The number of hydrogen-bond acceptors (Lipinski definition) is 4. The zero-order valence-electron chi connectivity index (χ0n) is 16.5. The molecule has 1 aliphatic heterocycles. The Kier molecular flexibility index (Phi) is 5.63. The molecule has 30 heavy (non-hydrogen) atoms. The number of carboxylic acids is 1. The third-order valence-electron chi connectivity index (χ3n) is 5.51. The number of aromatic carboxylic acids is 1. The number of nitrogens with one attached hydrogen (secondary N) is 1. The summed E-state index contributed by atoms with van der Waals surface area (Å²) in [6, 6.07) is 14.0. The van der Waals surface area contributed by atoms with Crippen LogP contribution in [0.2, 0.25) is 0 Å². The van der Waals surface area contributed by atoms with Gasteiger partial charge in [-0.15, -0.1) is 0 Å². The van der Waals surface area contributed by atoms with E-state index in [9.17, 15) is 9.59 Å². The Balaban J connectivity index is 1.47. The summed E-state index contributed by atoms with van der Waals surface area (Å²) >= 11 is 0. The minimum atomic E-state index is -0.945. The molecular weight excluding hydrogens is 380 g/mol. The van der Waals surface area contributed by atoms with Gasteiger partial charge < -0.3 is 20.7 Å². The molecule has 0 saturated heterocycles. The van der Waals surface area contributed by atoms with E-state index in [1.165, 1.54) is 0 Å². The van der Waals surface area contributed by atoms with Crippen LogP contribution in [0.1, 0.15) is 50.9 Å². The highest BCUT2D eigenvalue weighted by Gasteiger charge is 2.24. The van der Waals surface area contributed by atoms with Gasteiger partial charge in [0.25, 0.3) is 5.91 Å². The van der Waals surface area contributed by atoms with Crippen molar-refractivity contribution in [2.45, 2.75) is 31.8 Å². The van der Waals surface area contributed by atoms with E-state index >= 15 is 0 Å². The van der Waals surface area contributed by atoms with E-state index in [2.05, 4.69) is 9.88 Å². The van der Waals surface area contributed by atoms with Crippen molar-refractivity contribution in [2.75, 3.05) is 6.54 Å². The third kappa shape index (κ3) is 4.11. The van der Waals surface area contributed by atoms with Crippen LogP contribution in [0.3, 0.4) is 0 Å². The minimum Gasteiger partial charge on any atom is -0.478 e. The van der Waals surface area contributed by atoms with E-state index < -0.39 is 5.97 Å². The lowest BCUT2D eigenvalue weighted by Gasteiger charge is -2.23. The number of nitrogens with zero attached hydrogens (tertiary/aromatic N) is 2. The van der Waals surface area contributed by atoms with E-state index in [4.69, 9.17) is 15.8 Å². The molecule has 4 rings (SSSR count). The Hall–Kier alpha value is -3.45. The molecule has 1 unspecified atom stereocenters. The second-order valence-corrected chi connectivity index (χ2v) is 7.51. The molecule has 7 heteroatoms. The summed E-state index contributed by atoms with van der Waals surface area (Å²) in [5, 5.41) is 12.1. The van der Waals surface area contributed by atoms with Crippen molar-refractivity contribution in [3.8, 4) is 11.3 Å². The number of imidazole rings is 1. The van der Waals surface area contributed by atoms with E-state index in [0.717, 1.165) is 42.0 Å². The number of aryl methyl sites for hydroxylation is 1. The second kappa shape index (κ2) is 8.51. The third-order valence-corrected chi connectivity index (χ3v) is 5.51. The number of hydrogen-bond donors (Lipinski definition) is 3. The maximum atomic E-state index is 12.5. The monoisotopic (exact) mass is 404 g/mol. The Morgan fingerprint density at radius 3 is 2.47 bits per heavy atom. The predicted molar refractivity (Wildman–Crippen MR) is 113 cm³/mol. The van der Waals surface area contributed by atoms with Crippen LogP contribution in [0.25, 0.3) is 11.3 Å². The first-order valence-corrected chi connectivity index (χ1v) is 10.0. The van der Waals surface area contributed by atoms with Crippen molar-refractivity contribution in [1.82, 2.24) is 14.9 Å². The average Bonchev–Trinajstić information content (AvgIpc) is 3.22. The molecule has 0 fully saturated rings. The van der Waals surface area contributed by atoms with Crippen molar-refractivity contribution < 1.29 is 14.7 Å². The lowest BCUT2D eigenvalue weighted by molar-refractivity contribution is 0.0696. The summed E-state index contributed by atoms with van der Waals surface area (Å²) in [4.78, 5) is 28.3. The van der Waals surface area contributed by atoms with E-state index in [1.54, 1.807) is 36.4 Å². The highest BCUT2D eigenvalue weighted by Crippen LogP contribution is 2.29. The van der Waals surface area contributed by atoms with Crippen LogP contribution in [0.15, 0.2) is 54.7 Å². The molecule has 1 atom stereocenters. The minimum absolute atomic E-state index is 0.105. The quantitative estimate of drug-likeness (QED) is 0.585. The first kappa shape index (κ1) is 19.8. The van der Waals surface area contributed by atoms with Gasteiger partial charge in [0.1, 0.15) is 5.82 Å². The molecule has 1 aliphatic rings. The van der Waals surface area contributed by atoms with E-state index in [0.29, 0.717) is 18.7 Å². The molecule has 7 nitrogen and oxygen atoms in total. The number of fused-ring (bicyclic) bond motifs is 1. The number of carbonyl (C=O) groups is 2. The Morgan fingerprint density at radius 1 is 1.10 bits per heavy atom. The molecule has 3 aromatic rings. The molecule has 0 aliphatic carbocycles. The van der Waals surface area contributed by atoms with Gasteiger partial charge in [-0.2, -0.15) is 0 Å². The van der Waals surface area contributed by atoms with E-state index in [-0.39, 0.29) is 17.4 Å². The predicted octanol–water partition coefficient (Wildman–Crippen LogP) is 3.01. The van der Waals surface area contributed by atoms with Gasteiger partial charge in [0.2, 0.25) is 0 Å². The van der Waals surface area contributed by atoms with Crippen LogP contribution >= 0.6 is 0 Å². The van der Waals surface area contributed by atoms with Crippen molar-refractivity contribution in [1.29, 1.82) is 0 Å². The van der Waals surface area contributed by atoms with Gasteiger partial charge in [-0.05, 0) is 42.7 Å². The lowest BCUT2D eigenvalue weighted by atomic mass is 9.99. The molecule has 1 aromatic heterocycles. The standard InChI is InChI=1S/C23H24N4O3/c24-12-15-3-5-17(6-4-15)22(28)25-13-19-2-1-11-27-14-20(26-21(19)27)16-7-9-18(10-8-16)23(29)30/h3-10,14,19H,1-2,11-13,24H2,(H,25,28)(H,29,30). The van der Waals surface area contributed by atoms with Crippen molar-refractivity contribution >= 4 is 11.9 Å². The molecule has 0 radical (unpaired) electrons. The lowest BCUT2D eigenvalue weighted by Crippen LogP contribution is -2.31. The summed E-state index contributed by atoms with van der Waals surface area (Å²) < 4.78 is 2.14. The SMILES string of the molecule is NCc1ccc(C(=O)NCC2CCCn3cc(-c4ccc(C(=O)O)cc4)nc32)cc1. The van der Waals surface area contributed by atoms with Gasteiger partial charge in [0.05, 0.1) is 11.3 Å². The zero-order chi connectivity index (χ0) is 21.1. The molecule has 0 bridgehead atoms. The smallest absolute Gasteiger partial charge is 0.335 e. The van der Waals surface area contributed by atoms with E-state index in [1.807, 2.05) is 18.3 Å². The van der Waals surface area contributed by atoms with Crippen LogP contribution < -0.4 is 11.1 Å². The van der Waals surface area contributed by atoms with Crippen LogP contribution in [-0.2, 0) is 13.1 Å². The number of aromatic nitrogens is 2. The maximum Gasteiger partial charge on any atom is 0.335 e. The highest BCUT2D eigenvalue weighted by molar-refractivity contribution is 5.94. The van der Waals surface area contributed by atoms with Gasteiger partial charge in [0.15, 0.2) is 0 Å². The summed E-state index contributed by atoms with van der Waals surface area (Å²) in [6.07, 6.45) is 3.98. The number of carboxylic acid groups (broad SMARTS) is 1. The molecule has 154 valence electrons. The Bertz CT molecular complexity index is 1060. The zero-order valence-corrected chi connectivity index (χ0v) is 16.5. The molecule has 0 spiro atoms. The van der Waals surface area contributed by atoms with Gasteiger partial charge in [-0.25, -0.2) is 9.78 Å². The van der Waals surface area contributed by atoms with Crippen LogP contribution in [0.5, 0.6) is 0 Å². The molecule has 4 N–H and O–H groups in total. The van der Waals surface area contributed by atoms with Crippen molar-refractivity contribution in [3.63, 3.8) is 0 Å². The van der Waals surface area contributed by atoms with Crippen LogP contribution in [0.4, 0.5) is 0 Å². The van der Waals surface area contributed by atoms with Gasteiger partial charge in [-0.1, -0.05) is 24.3 Å². The van der Waals surface area contributed by atoms with Gasteiger partial charge >= 0.3 is 5.97 Å². The van der Waals surface area contributed by atoms with Crippen molar-refractivity contribution in [2.24, 2.45) is 5.73 Å². The normalized spacial score (nSPS) is 15.4. The fourth-order valence-corrected chi connectivity index (χ4v) is 3.80. The molecule has 0 saturated carbocycles. The number of benzene rings is 2. The molecule has 2 aromatic carbocycles. The summed E-state index contributed by atoms with van der Waals surface area (Å²) in [5.41, 5.74) is 9.16. The summed E-state index contributed by atoms with van der Waals surface area (Å²) in [7, 11) is 0. The number of rotatable bonds is 6. The molecule has 1 amide bonds. The largest absolute Gasteiger partial charge is 0.478 e. The van der Waals surface area contributed by atoms with Crippen LogP contribution in [0, 0.1) is 0 Å². The average molecular weight is 404 g/mol. The highest BCUT2D eigenvalue weighted by atomic mass is 16.4. The first-order valence-electron chi connectivity index (χ1n) is 10.0. The molecule has 2 heterocycles. The summed E-state index contributed by atoms with van der Waals surface area (Å²) in [5.74, 6) is 0.0429. The summed E-state index contributed by atoms with van der Waals surface area (Å²) in [6.45, 7) is 1.86. The van der Waals surface area contributed by atoms with Crippen molar-refractivity contribution in [3.05, 3.63) is 77.2 Å². The first-order chi connectivity index (χ1) is 14.5. The van der Waals surface area contributed by atoms with Gasteiger partial charge in [0, 0.05) is 42.9 Å². The number of carbonyl (C=O) groups excluding carboxylic acids is 1. The number of amides is 1.